The Hall–Kier alpha value is -4.07. The molecule has 0 unspecified atom stereocenters. The highest BCUT2D eigenvalue weighted by Crippen LogP contribution is 2.41. The molecule has 14 heteroatoms. The lowest BCUT2D eigenvalue weighted by molar-refractivity contribution is -0.146. The number of fused-ring (bicyclic) bond motifs is 1. The van der Waals surface area contributed by atoms with Crippen LogP contribution in [0.25, 0.3) is 33.7 Å². The molecule has 0 radical (unpaired) electrons. The number of amides is 1. The molecule has 0 spiro atoms. The van der Waals surface area contributed by atoms with Crippen LogP contribution in [0.1, 0.15) is 48.6 Å². The molecule has 5 aromatic rings. The first-order valence-corrected chi connectivity index (χ1v) is 14.9. The number of halogens is 2. The molecule has 0 aliphatic carbocycles. The van der Waals surface area contributed by atoms with Crippen LogP contribution in [0.2, 0.25) is 5.15 Å². The van der Waals surface area contributed by atoms with E-state index in [0.717, 1.165) is 39.4 Å². The van der Waals surface area contributed by atoms with Crippen LogP contribution in [0.3, 0.4) is 0 Å². The third kappa shape index (κ3) is 6.33. The second-order valence-corrected chi connectivity index (χ2v) is 10.8. The molecular weight excluding hydrogens is 642 g/mol. The zero-order valence-electron chi connectivity index (χ0n) is 23.4. The standard InChI is InChI=1S/C29H29BrClN7O5/c1-3-5-10-22-33-26(31)24(28(40)32-20(15-39)29(41)42-4-2)38(22)14-16-11-12-21-19(13-16)23(30)25(43-21)17-8-6-7-9-18(17)27-34-36-37-35-27/h6-9,11-13,20,39H,3-5,10,14-15H2,1-2H3,(H,32,40)(H,34,35,36,37)/t20-/m0/s1. The fourth-order valence-corrected chi connectivity index (χ4v) is 5.65. The maximum Gasteiger partial charge on any atom is 0.331 e. The minimum atomic E-state index is -1.24. The zero-order chi connectivity index (χ0) is 30.5. The van der Waals surface area contributed by atoms with E-state index in [1.807, 2.05) is 42.5 Å². The van der Waals surface area contributed by atoms with Crippen molar-refractivity contribution in [1.29, 1.82) is 0 Å². The van der Waals surface area contributed by atoms with Gasteiger partial charge in [0.25, 0.3) is 5.91 Å². The molecule has 3 heterocycles. The van der Waals surface area contributed by atoms with Gasteiger partial charge in [-0.3, -0.25) is 4.79 Å². The molecule has 0 fully saturated rings. The number of hydrogen-bond acceptors (Lipinski definition) is 9. The SMILES string of the molecule is CCCCc1nc(Cl)c(C(=O)N[C@@H](CO)C(=O)OCC)n1Cc1ccc2oc(-c3ccccc3-c3nnn[nH]3)c(Br)c2c1. The average Bonchev–Trinajstić information content (AvgIpc) is 3.73. The molecule has 0 aliphatic heterocycles. The lowest BCUT2D eigenvalue weighted by Gasteiger charge is -2.17. The second kappa shape index (κ2) is 13.5. The van der Waals surface area contributed by atoms with E-state index < -0.39 is 24.5 Å². The third-order valence-electron chi connectivity index (χ3n) is 6.84. The summed E-state index contributed by atoms with van der Waals surface area (Å²) >= 11 is 10.2. The van der Waals surface area contributed by atoms with Crippen LogP contribution in [-0.2, 0) is 22.5 Å². The van der Waals surface area contributed by atoms with Crippen molar-refractivity contribution >= 4 is 50.4 Å². The van der Waals surface area contributed by atoms with E-state index in [-0.39, 0.29) is 24.0 Å². The molecule has 5 rings (SSSR count). The monoisotopic (exact) mass is 669 g/mol. The van der Waals surface area contributed by atoms with E-state index in [4.69, 9.17) is 20.8 Å². The number of furan rings is 1. The van der Waals surface area contributed by atoms with E-state index >= 15 is 0 Å². The van der Waals surface area contributed by atoms with E-state index in [1.54, 1.807) is 11.5 Å². The van der Waals surface area contributed by atoms with Gasteiger partial charge in [-0.15, -0.1) is 5.10 Å². The molecule has 1 atom stereocenters. The van der Waals surface area contributed by atoms with Crippen LogP contribution < -0.4 is 5.32 Å². The highest BCUT2D eigenvalue weighted by molar-refractivity contribution is 9.10. The Morgan fingerprint density at radius 1 is 1.21 bits per heavy atom. The van der Waals surface area contributed by atoms with Gasteiger partial charge in [0, 0.05) is 29.5 Å². The van der Waals surface area contributed by atoms with Gasteiger partial charge in [0.05, 0.1) is 17.7 Å². The molecular formula is C29H29BrClN7O5. The van der Waals surface area contributed by atoms with Crippen LogP contribution in [0.5, 0.6) is 0 Å². The summed E-state index contributed by atoms with van der Waals surface area (Å²) in [6.45, 7) is 3.47. The van der Waals surface area contributed by atoms with Crippen LogP contribution in [-0.4, -0.2) is 66.4 Å². The number of benzene rings is 2. The van der Waals surface area contributed by atoms with Crippen LogP contribution in [0, 0.1) is 0 Å². The van der Waals surface area contributed by atoms with Crippen molar-refractivity contribution in [2.75, 3.05) is 13.2 Å². The summed E-state index contributed by atoms with van der Waals surface area (Å²) in [7, 11) is 0. The number of tetrazole rings is 1. The van der Waals surface area contributed by atoms with Gasteiger partial charge in [-0.2, -0.15) is 0 Å². The van der Waals surface area contributed by atoms with Crippen molar-refractivity contribution in [3.05, 3.63) is 69.2 Å². The second-order valence-electron chi connectivity index (χ2n) is 9.69. The summed E-state index contributed by atoms with van der Waals surface area (Å²) < 4.78 is 13.7. The molecule has 3 N–H and O–H groups in total. The smallest absolute Gasteiger partial charge is 0.331 e. The molecule has 0 saturated carbocycles. The first-order valence-electron chi connectivity index (χ1n) is 13.7. The summed E-state index contributed by atoms with van der Waals surface area (Å²) in [6, 6.07) is 12.1. The van der Waals surface area contributed by atoms with Gasteiger partial charge >= 0.3 is 5.97 Å². The predicted molar refractivity (Wildman–Crippen MR) is 162 cm³/mol. The van der Waals surface area contributed by atoms with Gasteiger partial charge in [-0.1, -0.05) is 55.3 Å². The molecule has 43 heavy (non-hydrogen) atoms. The first-order chi connectivity index (χ1) is 20.9. The summed E-state index contributed by atoms with van der Waals surface area (Å²) in [5.41, 5.74) is 3.19. The number of aliphatic hydroxyl groups is 1. The van der Waals surface area contributed by atoms with Crippen molar-refractivity contribution in [3.63, 3.8) is 0 Å². The van der Waals surface area contributed by atoms with Gasteiger partial charge < -0.3 is 24.1 Å². The number of nitrogens with zero attached hydrogens (tertiary/aromatic N) is 5. The van der Waals surface area contributed by atoms with Gasteiger partial charge in [-0.25, -0.2) is 14.9 Å². The molecule has 3 aromatic heterocycles. The summed E-state index contributed by atoms with van der Waals surface area (Å²) in [4.78, 5) is 30.1. The molecule has 0 aliphatic rings. The minimum Gasteiger partial charge on any atom is -0.464 e. The maximum atomic E-state index is 13.4. The Morgan fingerprint density at radius 2 is 2.00 bits per heavy atom. The summed E-state index contributed by atoms with van der Waals surface area (Å²) in [6.07, 6.45) is 2.36. The third-order valence-corrected chi connectivity index (χ3v) is 7.89. The minimum absolute atomic E-state index is 0.00974. The van der Waals surface area contributed by atoms with Gasteiger partial charge in [-0.05, 0) is 57.4 Å². The lowest BCUT2D eigenvalue weighted by atomic mass is 10.0. The molecule has 0 saturated heterocycles. The largest absolute Gasteiger partial charge is 0.464 e. The van der Waals surface area contributed by atoms with Crippen LogP contribution in [0.4, 0.5) is 0 Å². The Balaban J connectivity index is 1.51. The number of ether oxygens (including phenoxy) is 1. The van der Waals surface area contributed by atoms with Crippen molar-refractivity contribution < 1.29 is 23.8 Å². The number of esters is 1. The Bertz CT molecular complexity index is 1750. The van der Waals surface area contributed by atoms with E-state index in [1.165, 1.54) is 0 Å². The molecule has 0 bridgehead atoms. The van der Waals surface area contributed by atoms with Gasteiger partial charge in [0.2, 0.25) is 0 Å². The number of aliphatic hydroxyl groups excluding tert-OH is 1. The Labute approximate surface area is 259 Å². The number of carbonyl (C=O) groups is 2. The first kappa shape index (κ1) is 30.4. The van der Waals surface area contributed by atoms with Crippen molar-refractivity contribution in [1.82, 2.24) is 35.5 Å². The Morgan fingerprint density at radius 3 is 2.70 bits per heavy atom. The van der Waals surface area contributed by atoms with Gasteiger partial charge in [0.15, 0.2) is 17.0 Å². The topological polar surface area (TPSA) is 161 Å². The average molecular weight is 671 g/mol. The number of hydrogen-bond donors (Lipinski definition) is 3. The van der Waals surface area contributed by atoms with Crippen molar-refractivity contribution in [3.8, 4) is 22.7 Å². The number of carbonyl (C=O) groups excluding carboxylic acids is 2. The molecule has 1 amide bonds. The highest BCUT2D eigenvalue weighted by atomic mass is 79.9. The number of aromatic amines is 1. The van der Waals surface area contributed by atoms with E-state index in [2.05, 4.69) is 53.8 Å². The Kier molecular flexibility index (Phi) is 9.53. The fraction of sp³-hybridized carbons (Fsp3) is 0.310. The zero-order valence-corrected chi connectivity index (χ0v) is 25.8. The molecule has 224 valence electrons. The van der Waals surface area contributed by atoms with Crippen LogP contribution in [0.15, 0.2) is 51.4 Å². The van der Waals surface area contributed by atoms with E-state index in [9.17, 15) is 14.7 Å². The number of rotatable bonds is 12. The van der Waals surface area contributed by atoms with Crippen molar-refractivity contribution in [2.45, 2.75) is 45.7 Å². The lowest BCUT2D eigenvalue weighted by Crippen LogP contribution is -2.45. The quantitative estimate of drug-likeness (QED) is 0.156. The predicted octanol–water partition coefficient (Wildman–Crippen LogP) is 4.94. The normalized spacial score (nSPS) is 12.0. The fourth-order valence-electron chi connectivity index (χ4n) is 4.76. The van der Waals surface area contributed by atoms with E-state index in [0.29, 0.717) is 29.4 Å². The maximum absolute atomic E-state index is 13.4. The molecule has 2 aromatic carbocycles. The number of H-pyrrole nitrogens is 1. The number of nitrogens with one attached hydrogen (secondary N) is 2. The number of imidazole rings is 1. The summed E-state index contributed by atoms with van der Waals surface area (Å²) in [5.74, 6) is 0.382. The highest BCUT2D eigenvalue weighted by Gasteiger charge is 2.28. The number of aryl methyl sites for hydroxylation is 1. The van der Waals surface area contributed by atoms with Crippen molar-refractivity contribution in [2.24, 2.45) is 0 Å². The molecule has 12 nitrogen and oxygen atoms in total. The summed E-state index contributed by atoms with van der Waals surface area (Å²) in [5, 5.41) is 27.3. The number of unbranched alkanes of at least 4 members (excludes halogenated alkanes) is 1. The number of aromatic nitrogens is 6. The van der Waals surface area contributed by atoms with Gasteiger partial charge in [0.1, 0.15) is 22.9 Å². The van der Waals surface area contributed by atoms with Crippen LogP contribution >= 0.6 is 27.5 Å².